The second kappa shape index (κ2) is 3.29. The third-order valence-electron chi connectivity index (χ3n) is 3.43. The molecule has 5 nitrogen and oxygen atoms in total. The summed E-state index contributed by atoms with van der Waals surface area (Å²) in [6.07, 6.45) is 0. The largest absolute Gasteiger partial charge is 0.288 e. The van der Waals surface area contributed by atoms with Crippen LogP contribution in [0.25, 0.3) is 10.1 Å². The fraction of sp³-hybridized carbons (Fsp3) is 0.250. The Bertz CT molecular complexity index is 798. The van der Waals surface area contributed by atoms with E-state index in [0.717, 1.165) is 5.56 Å². The molecule has 2 heterocycles. The normalized spacial score (nSPS) is 14.2. The van der Waals surface area contributed by atoms with Gasteiger partial charge in [-0.05, 0) is 25.0 Å². The zero-order valence-electron chi connectivity index (χ0n) is 10.1. The Labute approximate surface area is 106 Å². The SMILES string of the molecule is Cc1c2c(c3sn(C)c(=O)c3c1C)C(=O)NC2=O. The Balaban J connectivity index is 2.66. The fourth-order valence-electron chi connectivity index (χ4n) is 2.38. The lowest BCUT2D eigenvalue weighted by atomic mass is 9.96. The molecule has 0 atom stereocenters. The molecular weight excluding hydrogens is 252 g/mol. The summed E-state index contributed by atoms with van der Waals surface area (Å²) in [6, 6.07) is 0. The number of nitrogens with one attached hydrogen (secondary N) is 1. The van der Waals surface area contributed by atoms with Gasteiger partial charge in [-0.1, -0.05) is 11.5 Å². The quantitative estimate of drug-likeness (QED) is 0.723. The molecule has 3 rings (SSSR count). The Hall–Kier alpha value is -1.95. The predicted octanol–water partition coefficient (Wildman–Crippen LogP) is 1.10. The van der Waals surface area contributed by atoms with Crippen LogP contribution >= 0.6 is 11.5 Å². The van der Waals surface area contributed by atoms with Crippen molar-refractivity contribution in [2.75, 3.05) is 0 Å². The summed E-state index contributed by atoms with van der Waals surface area (Å²) in [5.41, 5.74) is 2.12. The molecule has 0 spiro atoms. The molecule has 1 aromatic heterocycles. The van der Waals surface area contributed by atoms with Crippen molar-refractivity contribution in [1.29, 1.82) is 0 Å². The number of aromatic nitrogens is 1. The van der Waals surface area contributed by atoms with E-state index in [0.29, 0.717) is 26.8 Å². The minimum absolute atomic E-state index is 0.120. The highest BCUT2D eigenvalue weighted by molar-refractivity contribution is 7.14. The van der Waals surface area contributed by atoms with Crippen molar-refractivity contribution in [3.05, 3.63) is 32.6 Å². The van der Waals surface area contributed by atoms with Gasteiger partial charge in [-0.2, -0.15) is 0 Å². The van der Waals surface area contributed by atoms with Gasteiger partial charge in [0.05, 0.1) is 21.2 Å². The first-order valence-corrected chi connectivity index (χ1v) is 6.19. The molecule has 1 N–H and O–H groups in total. The van der Waals surface area contributed by atoms with Crippen molar-refractivity contribution in [3.63, 3.8) is 0 Å². The van der Waals surface area contributed by atoms with Crippen LogP contribution in [0.5, 0.6) is 0 Å². The third kappa shape index (κ3) is 1.13. The average Bonchev–Trinajstić information content (AvgIpc) is 2.75. The van der Waals surface area contributed by atoms with Crippen LogP contribution in [0.3, 0.4) is 0 Å². The van der Waals surface area contributed by atoms with Gasteiger partial charge in [0.15, 0.2) is 0 Å². The summed E-state index contributed by atoms with van der Waals surface area (Å²) in [7, 11) is 1.66. The molecule has 0 radical (unpaired) electrons. The molecular formula is C12H10N2O3S. The first-order valence-electron chi connectivity index (χ1n) is 5.42. The van der Waals surface area contributed by atoms with E-state index in [9.17, 15) is 14.4 Å². The topological polar surface area (TPSA) is 68.2 Å². The van der Waals surface area contributed by atoms with Gasteiger partial charge in [0.1, 0.15) is 0 Å². The van der Waals surface area contributed by atoms with E-state index in [4.69, 9.17) is 0 Å². The van der Waals surface area contributed by atoms with Crippen LogP contribution in [0, 0.1) is 13.8 Å². The minimum Gasteiger partial charge on any atom is -0.288 e. The van der Waals surface area contributed by atoms with E-state index in [1.54, 1.807) is 14.0 Å². The van der Waals surface area contributed by atoms with E-state index in [1.165, 1.54) is 15.5 Å². The van der Waals surface area contributed by atoms with Crippen LogP contribution in [-0.2, 0) is 7.05 Å². The van der Waals surface area contributed by atoms with Crippen molar-refractivity contribution in [2.45, 2.75) is 13.8 Å². The maximum absolute atomic E-state index is 12.0. The zero-order chi connectivity index (χ0) is 13.2. The van der Waals surface area contributed by atoms with Crippen LogP contribution in [0.1, 0.15) is 31.8 Å². The number of carbonyl (C=O) groups is 2. The highest BCUT2D eigenvalue weighted by Crippen LogP contribution is 2.33. The summed E-state index contributed by atoms with van der Waals surface area (Å²) in [4.78, 5) is 35.7. The third-order valence-corrected chi connectivity index (χ3v) is 4.46. The van der Waals surface area contributed by atoms with Crippen molar-refractivity contribution in [2.24, 2.45) is 7.05 Å². The lowest BCUT2D eigenvalue weighted by Gasteiger charge is -2.05. The fourth-order valence-corrected chi connectivity index (χ4v) is 3.45. The lowest BCUT2D eigenvalue weighted by Crippen LogP contribution is -2.20. The molecule has 18 heavy (non-hydrogen) atoms. The van der Waals surface area contributed by atoms with E-state index < -0.39 is 5.91 Å². The maximum Gasteiger partial charge on any atom is 0.268 e. The number of aryl methyl sites for hydroxylation is 2. The van der Waals surface area contributed by atoms with Crippen molar-refractivity contribution in [3.8, 4) is 0 Å². The van der Waals surface area contributed by atoms with Gasteiger partial charge in [-0.15, -0.1) is 0 Å². The summed E-state index contributed by atoms with van der Waals surface area (Å²) < 4.78 is 2.08. The highest BCUT2D eigenvalue weighted by Gasteiger charge is 2.33. The summed E-state index contributed by atoms with van der Waals surface area (Å²) in [5.74, 6) is -0.786. The number of fused-ring (bicyclic) bond motifs is 3. The molecule has 92 valence electrons. The van der Waals surface area contributed by atoms with Crippen LogP contribution in [0.15, 0.2) is 4.79 Å². The van der Waals surface area contributed by atoms with Gasteiger partial charge in [0.2, 0.25) is 0 Å². The maximum atomic E-state index is 12.0. The first kappa shape index (κ1) is 11.2. The molecule has 0 bridgehead atoms. The molecule has 0 fully saturated rings. The zero-order valence-corrected chi connectivity index (χ0v) is 10.9. The number of benzene rings is 1. The van der Waals surface area contributed by atoms with Crippen LogP contribution in [0.4, 0.5) is 0 Å². The van der Waals surface area contributed by atoms with E-state index in [-0.39, 0.29) is 11.5 Å². The van der Waals surface area contributed by atoms with Crippen molar-refractivity contribution >= 4 is 33.4 Å². The molecule has 1 aromatic carbocycles. The highest BCUT2D eigenvalue weighted by atomic mass is 32.1. The van der Waals surface area contributed by atoms with Crippen molar-refractivity contribution in [1.82, 2.24) is 9.27 Å². The van der Waals surface area contributed by atoms with Gasteiger partial charge in [-0.25, -0.2) is 0 Å². The molecule has 1 aliphatic heterocycles. The Morgan fingerprint density at radius 1 is 1.00 bits per heavy atom. The number of rotatable bonds is 0. The standard InChI is InChI=1S/C12H10N2O3S/c1-4-5(2)7-9(18-14(3)12(7)17)8-6(4)10(15)13-11(8)16/h1-3H3,(H,13,15,16). The Morgan fingerprint density at radius 3 is 2.28 bits per heavy atom. The Kier molecular flexibility index (Phi) is 2.04. The summed E-state index contributed by atoms with van der Waals surface area (Å²) in [6.45, 7) is 3.57. The number of carbonyl (C=O) groups excluding carboxylic acids is 2. The molecule has 0 saturated heterocycles. The molecule has 2 aromatic rings. The summed E-state index contributed by atoms with van der Waals surface area (Å²) in [5, 5.41) is 2.83. The second-order valence-corrected chi connectivity index (χ2v) is 5.52. The minimum atomic E-state index is -0.412. The molecule has 0 aliphatic carbocycles. The average molecular weight is 262 g/mol. The molecule has 0 unspecified atom stereocenters. The van der Waals surface area contributed by atoms with Gasteiger partial charge in [0, 0.05) is 7.05 Å². The van der Waals surface area contributed by atoms with Gasteiger partial charge >= 0.3 is 0 Å². The van der Waals surface area contributed by atoms with Crippen LogP contribution in [-0.4, -0.2) is 15.8 Å². The molecule has 2 amide bonds. The van der Waals surface area contributed by atoms with Crippen LogP contribution in [0.2, 0.25) is 0 Å². The lowest BCUT2D eigenvalue weighted by molar-refractivity contribution is 0.0880. The number of nitrogens with zero attached hydrogens (tertiary/aromatic N) is 1. The number of imide groups is 1. The van der Waals surface area contributed by atoms with E-state index >= 15 is 0 Å². The number of hydrogen-bond donors (Lipinski definition) is 1. The van der Waals surface area contributed by atoms with Gasteiger partial charge in [0.25, 0.3) is 17.4 Å². The first-order chi connectivity index (χ1) is 8.43. The van der Waals surface area contributed by atoms with Crippen molar-refractivity contribution < 1.29 is 9.59 Å². The monoisotopic (exact) mass is 262 g/mol. The van der Waals surface area contributed by atoms with E-state index in [2.05, 4.69) is 5.32 Å². The van der Waals surface area contributed by atoms with E-state index in [1.807, 2.05) is 6.92 Å². The van der Waals surface area contributed by atoms with Gasteiger partial charge in [-0.3, -0.25) is 23.7 Å². The number of amides is 2. The van der Waals surface area contributed by atoms with Gasteiger partial charge < -0.3 is 0 Å². The summed E-state index contributed by atoms with van der Waals surface area (Å²) >= 11 is 1.20. The van der Waals surface area contributed by atoms with Crippen LogP contribution < -0.4 is 10.9 Å². The Morgan fingerprint density at radius 2 is 1.61 bits per heavy atom. The molecule has 1 aliphatic rings. The smallest absolute Gasteiger partial charge is 0.268 e. The number of hydrogen-bond acceptors (Lipinski definition) is 4. The predicted molar refractivity (Wildman–Crippen MR) is 68.3 cm³/mol. The molecule has 6 heteroatoms. The second-order valence-electron chi connectivity index (χ2n) is 4.38. The molecule has 0 saturated carbocycles.